The summed E-state index contributed by atoms with van der Waals surface area (Å²) in [5.74, 6) is 1.64. The molecule has 1 unspecified atom stereocenters. The van der Waals surface area contributed by atoms with Crippen molar-refractivity contribution in [1.29, 1.82) is 0 Å². The molecular weight excluding hydrogens is 250 g/mol. The molecule has 20 heavy (non-hydrogen) atoms. The molecule has 114 valence electrons. The van der Waals surface area contributed by atoms with Crippen molar-refractivity contribution in [3.63, 3.8) is 0 Å². The fourth-order valence-electron chi connectivity index (χ4n) is 2.02. The van der Waals surface area contributed by atoms with Gasteiger partial charge in [0.1, 0.15) is 5.75 Å². The van der Waals surface area contributed by atoms with Gasteiger partial charge in [-0.05, 0) is 32.4 Å². The van der Waals surface area contributed by atoms with Gasteiger partial charge in [0.2, 0.25) is 0 Å². The highest BCUT2D eigenvalue weighted by molar-refractivity contribution is 5.37. The molecule has 1 rings (SSSR count). The van der Waals surface area contributed by atoms with Gasteiger partial charge in [0.15, 0.2) is 0 Å². The Hall–Kier alpha value is -1.06. The molecule has 0 aliphatic carbocycles. The van der Waals surface area contributed by atoms with Crippen molar-refractivity contribution in [2.24, 2.45) is 5.92 Å². The van der Waals surface area contributed by atoms with E-state index in [4.69, 9.17) is 9.47 Å². The molecule has 1 aromatic rings. The number of ether oxygens (including phenoxy) is 2. The summed E-state index contributed by atoms with van der Waals surface area (Å²) < 4.78 is 11.1. The van der Waals surface area contributed by atoms with Crippen molar-refractivity contribution < 1.29 is 9.47 Å². The highest BCUT2D eigenvalue weighted by Gasteiger charge is 2.09. The van der Waals surface area contributed by atoms with Crippen LogP contribution in [0.4, 0.5) is 0 Å². The van der Waals surface area contributed by atoms with E-state index >= 15 is 0 Å². The summed E-state index contributed by atoms with van der Waals surface area (Å²) in [6.07, 6.45) is 1.07. The summed E-state index contributed by atoms with van der Waals surface area (Å²) in [5, 5.41) is 3.48. The summed E-state index contributed by atoms with van der Waals surface area (Å²) in [6, 6.07) is 6.38. The van der Waals surface area contributed by atoms with Crippen LogP contribution in [0.15, 0.2) is 18.2 Å². The molecule has 0 heterocycles. The number of methoxy groups -OCH3 is 1. The molecular formula is C17H29NO2. The van der Waals surface area contributed by atoms with Crippen LogP contribution in [0.25, 0.3) is 0 Å². The number of hydrogen-bond acceptors (Lipinski definition) is 3. The minimum atomic E-state index is 0.168. The number of benzene rings is 1. The van der Waals surface area contributed by atoms with Gasteiger partial charge in [-0.3, -0.25) is 0 Å². The lowest BCUT2D eigenvalue weighted by Crippen LogP contribution is -2.21. The van der Waals surface area contributed by atoms with Gasteiger partial charge in [-0.25, -0.2) is 0 Å². The second-order valence-electron chi connectivity index (χ2n) is 5.85. The molecule has 0 aromatic heterocycles. The monoisotopic (exact) mass is 279 g/mol. The van der Waals surface area contributed by atoms with Crippen molar-refractivity contribution in [3.05, 3.63) is 29.3 Å². The Balaban J connectivity index is 2.64. The van der Waals surface area contributed by atoms with Crippen LogP contribution < -0.4 is 10.1 Å². The summed E-state index contributed by atoms with van der Waals surface area (Å²) in [4.78, 5) is 0. The topological polar surface area (TPSA) is 30.5 Å². The van der Waals surface area contributed by atoms with Gasteiger partial charge < -0.3 is 14.8 Å². The van der Waals surface area contributed by atoms with E-state index in [0.717, 1.165) is 31.9 Å². The summed E-state index contributed by atoms with van der Waals surface area (Å²) in [5.41, 5.74) is 2.50. The predicted octanol–water partition coefficient (Wildman–Crippen LogP) is 3.54. The van der Waals surface area contributed by atoms with E-state index in [2.05, 4.69) is 51.2 Å². The number of nitrogens with one attached hydrogen (secondary N) is 1. The van der Waals surface area contributed by atoms with Crippen LogP contribution >= 0.6 is 0 Å². The first-order valence-electron chi connectivity index (χ1n) is 7.48. The average molecular weight is 279 g/mol. The molecule has 0 aliphatic heterocycles. The van der Waals surface area contributed by atoms with Gasteiger partial charge in [0, 0.05) is 32.2 Å². The largest absolute Gasteiger partial charge is 0.490 e. The molecule has 1 atom stereocenters. The first-order valence-corrected chi connectivity index (χ1v) is 7.48. The van der Waals surface area contributed by atoms with Crippen LogP contribution in [0.5, 0.6) is 5.75 Å². The van der Waals surface area contributed by atoms with Crippen molar-refractivity contribution in [2.45, 2.75) is 46.8 Å². The van der Waals surface area contributed by atoms with E-state index < -0.39 is 0 Å². The summed E-state index contributed by atoms with van der Waals surface area (Å²) in [7, 11) is 1.72. The molecule has 0 amide bonds. The van der Waals surface area contributed by atoms with Crippen LogP contribution in [0.2, 0.25) is 0 Å². The van der Waals surface area contributed by atoms with Gasteiger partial charge in [-0.2, -0.15) is 0 Å². The Morgan fingerprint density at radius 3 is 2.60 bits per heavy atom. The number of rotatable bonds is 9. The van der Waals surface area contributed by atoms with Crippen molar-refractivity contribution in [2.75, 3.05) is 20.3 Å². The maximum absolute atomic E-state index is 6.04. The molecule has 0 radical (unpaired) electrons. The van der Waals surface area contributed by atoms with Gasteiger partial charge in [0.25, 0.3) is 0 Å². The van der Waals surface area contributed by atoms with E-state index in [1.165, 1.54) is 11.1 Å². The second kappa shape index (κ2) is 8.98. The Morgan fingerprint density at radius 2 is 1.95 bits per heavy atom. The average Bonchev–Trinajstić information content (AvgIpc) is 2.39. The van der Waals surface area contributed by atoms with Crippen molar-refractivity contribution >= 4 is 0 Å². The fourth-order valence-corrected chi connectivity index (χ4v) is 2.02. The predicted molar refractivity (Wildman–Crippen MR) is 84.3 cm³/mol. The normalized spacial score (nSPS) is 12.7. The molecule has 0 aliphatic rings. The molecule has 1 aromatic carbocycles. The molecule has 0 spiro atoms. The molecule has 1 N–H and O–H groups in total. The lowest BCUT2D eigenvalue weighted by Gasteiger charge is -2.18. The van der Waals surface area contributed by atoms with Gasteiger partial charge in [0.05, 0.1) is 6.10 Å². The van der Waals surface area contributed by atoms with Gasteiger partial charge >= 0.3 is 0 Å². The molecule has 0 saturated carbocycles. The van der Waals surface area contributed by atoms with E-state index in [1.54, 1.807) is 7.11 Å². The molecule has 0 bridgehead atoms. The Labute approximate surface area is 123 Å². The second-order valence-corrected chi connectivity index (χ2v) is 5.85. The highest BCUT2D eigenvalue weighted by Crippen LogP contribution is 2.22. The summed E-state index contributed by atoms with van der Waals surface area (Å²) in [6.45, 7) is 11.2. The SMILES string of the molecule is COCCC(C)Oc1ccc(C)cc1CNCC(C)C. The van der Waals surface area contributed by atoms with Crippen molar-refractivity contribution in [1.82, 2.24) is 5.32 Å². The van der Waals surface area contributed by atoms with E-state index in [1.807, 2.05) is 0 Å². The molecule has 0 fully saturated rings. The first-order chi connectivity index (χ1) is 9.52. The Bertz CT molecular complexity index is 391. The van der Waals surface area contributed by atoms with Gasteiger partial charge in [-0.1, -0.05) is 31.5 Å². The van der Waals surface area contributed by atoms with E-state index in [-0.39, 0.29) is 6.10 Å². The quantitative estimate of drug-likeness (QED) is 0.750. The molecule has 3 heteroatoms. The molecule has 0 saturated heterocycles. The van der Waals surface area contributed by atoms with Crippen LogP contribution in [0.3, 0.4) is 0 Å². The van der Waals surface area contributed by atoms with E-state index in [0.29, 0.717) is 5.92 Å². The van der Waals surface area contributed by atoms with Gasteiger partial charge in [-0.15, -0.1) is 0 Å². The minimum absolute atomic E-state index is 0.168. The smallest absolute Gasteiger partial charge is 0.124 e. The zero-order valence-corrected chi connectivity index (χ0v) is 13.5. The van der Waals surface area contributed by atoms with Crippen LogP contribution in [-0.4, -0.2) is 26.4 Å². The third kappa shape index (κ3) is 6.40. The number of hydrogen-bond donors (Lipinski definition) is 1. The van der Waals surface area contributed by atoms with Crippen LogP contribution in [-0.2, 0) is 11.3 Å². The maximum Gasteiger partial charge on any atom is 0.124 e. The van der Waals surface area contributed by atoms with E-state index in [9.17, 15) is 0 Å². The maximum atomic E-state index is 6.04. The Kier molecular flexibility index (Phi) is 7.63. The zero-order valence-electron chi connectivity index (χ0n) is 13.5. The standard InChI is InChI=1S/C17H29NO2/c1-13(2)11-18-12-16-10-14(3)6-7-17(16)20-15(4)8-9-19-5/h6-7,10,13,15,18H,8-9,11-12H2,1-5H3. The lowest BCUT2D eigenvalue weighted by molar-refractivity contribution is 0.134. The highest BCUT2D eigenvalue weighted by atomic mass is 16.5. The Morgan fingerprint density at radius 1 is 1.20 bits per heavy atom. The fraction of sp³-hybridized carbons (Fsp3) is 0.647. The third-order valence-corrected chi connectivity index (χ3v) is 3.14. The van der Waals surface area contributed by atoms with Crippen LogP contribution in [0, 0.1) is 12.8 Å². The minimum Gasteiger partial charge on any atom is -0.490 e. The number of aryl methyl sites for hydroxylation is 1. The summed E-state index contributed by atoms with van der Waals surface area (Å²) >= 11 is 0. The lowest BCUT2D eigenvalue weighted by atomic mass is 10.1. The van der Waals surface area contributed by atoms with Crippen molar-refractivity contribution in [3.8, 4) is 5.75 Å². The third-order valence-electron chi connectivity index (χ3n) is 3.14. The zero-order chi connectivity index (χ0) is 15.0. The molecule has 3 nitrogen and oxygen atoms in total. The first kappa shape index (κ1) is 17.0. The van der Waals surface area contributed by atoms with Crippen LogP contribution in [0.1, 0.15) is 38.3 Å².